The molecule has 1 aromatic carbocycles. The van der Waals surface area contributed by atoms with Crippen molar-refractivity contribution in [3.8, 4) is 11.4 Å². The molecule has 0 unspecified atom stereocenters. The third-order valence-electron chi connectivity index (χ3n) is 3.97. The normalized spacial score (nSPS) is 10.8. The number of hydrogen-bond donors (Lipinski definition) is 1. The summed E-state index contributed by atoms with van der Waals surface area (Å²) in [6.45, 7) is 1.25. The van der Waals surface area contributed by atoms with Crippen LogP contribution in [0.2, 0.25) is 0 Å². The Bertz CT molecular complexity index is 825. The number of nitrogens with zero attached hydrogens (tertiary/aromatic N) is 6. The van der Waals surface area contributed by atoms with Crippen molar-refractivity contribution in [1.29, 1.82) is 0 Å². The standard InChI is InChI=1S/C18H23N7O/c1-24-14-15(13-20-24)7-5-11-19-17(26)10-6-12-25-22-18(21-23-25)16-8-3-2-4-9-16/h2-4,8-9,13-14H,5-7,10-12H2,1H3,(H,19,26). The molecule has 0 atom stereocenters. The summed E-state index contributed by atoms with van der Waals surface area (Å²) in [4.78, 5) is 13.4. The first-order chi connectivity index (χ1) is 12.7. The highest BCUT2D eigenvalue weighted by Crippen LogP contribution is 2.11. The Hall–Kier alpha value is -3.03. The first-order valence-electron chi connectivity index (χ1n) is 8.78. The molecule has 1 N–H and O–H groups in total. The van der Waals surface area contributed by atoms with E-state index in [0.29, 0.717) is 31.8 Å². The molecule has 0 saturated carbocycles. The fourth-order valence-electron chi connectivity index (χ4n) is 2.63. The summed E-state index contributed by atoms with van der Waals surface area (Å²) in [5.74, 6) is 0.657. The number of aromatic nitrogens is 6. The molecule has 3 aromatic rings. The van der Waals surface area contributed by atoms with Gasteiger partial charge in [-0.1, -0.05) is 30.3 Å². The molecule has 8 heteroatoms. The van der Waals surface area contributed by atoms with Crippen LogP contribution in [0, 0.1) is 0 Å². The van der Waals surface area contributed by atoms with Crippen molar-refractivity contribution in [2.45, 2.75) is 32.2 Å². The number of carbonyl (C=O) groups is 1. The maximum absolute atomic E-state index is 11.9. The van der Waals surface area contributed by atoms with Gasteiger partial charge in [0.05, 0.1) is 12.7 Å². The Morgan fingerprint density at radius 2 is 2.04 bits per heavy atom. The molecule has 1 amide bonds. The quantitative estimate of drug-likeness (QED) is 0.590. The fraction of sp³-hybridized carbons (Fsp3) is 0.389. The van der Waals surface area contributed by atoms with Gasteiger partial charge in [-0.25, -0.2) is 0 Å². The number of benzene rings is 1. The SMILES string of the molecule is Cn1cc(CCCNC(=O)CCCn2nnc(-c3ccccc3)n2)cn1. The molecular formula is C18H23N7O. The van der Waals surface area contributed by atoms with Crippen molar-refractivity contribution in [1.82, 2.24) is 35.3 Å². The van der Waals surface area contributed by atoms with E-state index in [1.807, 2.05) is 49.8 Å². The minimum absolute atomic E-state index is 0.0552. The zero-order chi connectivity index (χ0) is 18.2. The largest absolute Gasteiger partial charge is 0.356 e. The van der Waals surface area contributed by atoms with Gasteiger partial charge in [0.1, 0.15) is 0 Å². The lowest BCUT2D eigenvalue weighted by atomic mass is 10.2. The van der Waals surface area contributed by atoms with E-state index >= 15 is 0 Å². The average Bonchev–Trinajstić information content (AvgIpc) is 3.29. The van der Waals surface area contributed by atoms with Crippen LogP contribution in [0.25, 0.3) is 11.4 Å². The summed E-state index contributed by atoms with van der Waals surface area (Å²) >= 11 is 0. The zero-order valence-electron chi connectivity index (χ0n) is 14.9. The minimum Gasteiger partial charge on any atom is -0.356 e. The summed E-state index contributed by atoms with van der Waals surface area (Å²) in [5.41, 5.74) is 2.12. The molecule has 0 aliphatic heterocycles. The number of carbonyl (C=O) groups excluding carboxylic acids is 1. The molecule has 0 saturated heterocycles. The van der Waals surface area contributed by atoms with E-state index in [0.717, 1.165) is 18.4 Å². The third kappa shape index (κ3) is 5.23. The number of amides is 1. The molecule has 0 spiro atoms. The van der Waals surface area contributed by atoms with Crippen molar-refractivity contribution in [2.24, 2.45) is 7.05 Å². The van der Waals surface area contributed by atoms with Crippen LogP contribution in [-0.4, -0.2) is 42.4 Å². The van der Waals surface area contributed by atoms with Crippen molar-refractivity contribution in [2.75, 3.05) is 6.54 Å². The molecule has 8 nitrogen and oxygen atoms in total. The van der Waals surface area contributed by atoms with E-state index in [9.17, 15) is 4.79 Å². The minimum atomic E-state index is 0.0552. The number of nitrogens with one attached hydrogen (secondary N) is 1. The number of hydrogen-bond acceptors (Lipinski definition) is 5. The highest BCUT2D eigenvalue weighted by Gasteiger charge is 2.06. The summed E-state index contributed by atoms with van der Waals surface area (Å²) < 4.78 is 1.79. The predicted molar refractivity (Wildman–Crippen MR) is 97.0 cm³/mol. The first-order valence-corrected chi connectivity index (χ1v) is 8.78. The molecule has 2 heterocycles. The van der Waals surface area contributed by atoms with E-state index in [1.165, 1.54) is 10.4 Å². The van der Waals surface area contributed by atoms with Crippen LogP contribution in [-0.2, 0) is 24.8 Å². The Balaban J connectivity index is 1.32. The van der Waals surface area contributed by atoms with Gasteiger partial charge in [-0.15, -0.1) is 10.2 Å². The van der Waals surface area contributed by atoms with E-state index in [2.05, 4.69) is 25.8 Å². The fourth-order valence-corrected chi connectivity index (χ4v) is 2.63. The van der Waals surface area contributed by atoms with E-state index in [-0.39, 0.29) is 5.91 Å². The first kappa shape index (κ1) is 17.8. The molecule has 0 aliphatic carbocycles. The third-order valence-corrected chi connectivity index (χ3v) is 3.97. The molecule has 2 aromatic heterocycles. The molecule has 0 aliphatic rings. The monoisotopic (exact) mass is 353 g/mol. The van der Waals surface area contributed by atoms with Crippen LogP contribution >= 0.6 is 0 Å². The molecule has 0 radical (unpaired) electrons. The maximum atomic E-state index is 11.9. The average molecular weight is 353 g/mol. The lowest BCUT2D eigenvalue weighted by Crippen LogP contribution is -2.24. The summed E-state index contributed by atoms with van der Waals surface area (Å²) in [7, 11) is 1.90. The van der Waals surface area contributed by atoms with Crippen LogP contribution in [0.1, 0.15) is 24.8 Å². The molecule has 26 heavy (non-hydrogen) atoms. The number of aryl methyl sites for hydroxylation is 3. The van der Waals surface area contributed by atoms with E-state index in [1.54, 1.807) is 4.68 Å². The Labute approximate surface area is 152 Å². The topological polar surface area (TPSA) is 90.5 Å². The summed E-state index contributed by atoms with van der Waals surface area (Å²) in [6, 6.07) is 9.72. The van der Waals surface area contributed by atoms with Gasteiger partial charge in [-0.05, 0) is 30.0 Å². The molecule has 3 rings (SSSR count). The van der Waals surface area contributed by atoms with E-state index < -0.39 is 0 Å². The lowest BCUT2D eigenvalue weighted by Gasteiger charge is -2.04. The highest BCUT2D eigenvalue weighted by molar-refractivity contribution is 5.75. The molecular weight excluding hydrogens is 330 g/mol. The highest BCUT2D eigenvalue weighted by atomic mass is 16.1. The second-order valence-electron chi connectivity index (χ2n) is 6.15. The molecule has 0 bridgehead atoms. The Morgan fingerprint density at radius 3 is 2.81 bits per heavy atom. The number of tetrazole rings is 1. The predicted octanol–water partition coefficient (Wildman–Crippen LogP) is 1.60. The van der Waals surface area contributed by atoms with Gasteiger partial charge in [0.15, 0.2) is 0 Å². The second kappa shape index (κ2) is 8.89. The van der Waals surface area contributed by atoms with Crippen LogP contribution in [0.3, 0.4) is 0 Å². The van der Waals surface area contributed by atoms with Crippen LogP contribution in [0.15, 0.2) is 42.7 Å². The second-order valence-corrected chi connectivity index (χ2v) is 6.15. The van der Waals surface area contributed by atoms with Crippen LogP contribution < -0.4 is 5.32 Å². The van der Waals surface area contributed by atoms with Gasteiger partial charge < -0.3 is 5.32 Å². The number of rotatable bonds is 9. The van der Waals surface area contributed by atoms with Gasteiger partial charge in [0.25, 0.3) is 0 Å². The van der Waals surface area contributed by atoms with Gasteiger partial charge in [0, 0.05) is 31.8 Å². The van der Waals surface area contributed by atoms with Crippen LogP contribution in [0.4, 0.5) is 0 Å². The Morgan fingerprint density at radius 1 is 1.19 bits per heavy atom. The van der Waals surface area contributed by atoms with Crippen LogP contribution in [0.5, 0.6) is 0 Å². The van der Waals surface area contributed by atoms with Gasteiger partial charge in [0.2, 0.25) is 11.7 Å². The van der Waals surface area contributed by atoms with E-state index in [4.69, 9.17) is 0 Å². The maximum Gasteiger partial charge on any atom is 0.220 e. The van der Waals surface area contributed by atoms with Crippen molar-refractivity contribution in [3.05, 3.63) is 48.3 Å². The Kier molecular flexibility index (Phi) is 6.08. The van der Waals surface area contributed by atoms with Gasteiger partial charge in [-0.2, -0.15) is 9.90 Å². The van der Waals surface area contributed by atoms with Crippen molar-refractivity contribution >= 4 is 5.91 Å². The smallest absolute Gasteiger partial charge is 0.220 e. The summed E-state index contributed by atoms with van der Waals surface area (Å²) in [5, 5.41) is 19.5. The lowest BCUT2D eigenvalue weighted by molar-refractivity contribution is -0.121. The van der Waals surface area contributed by atoms with Crippen molar-refractivity contribution < 1.29 is 4.79 Å². The zero-order valence-corrected chi connectivity index (χ0v) is 14.9. The van der Waals surface area contributed by atoms with Crippen molar-refractivity contribution in [3.63, 3.8) is 0 Å². The van der Waals surface area contributed by atoms with Gasteiger partial charge in [-0.3, -0.25) is 9.48 Å². The summed E-state index contributed by atoms with van der Waals surface area (Å²) in [6.07, 6.45) is 6.81. The van der Waals surface area contributed by atoms with Gasteiger partial charge >= 0.3 is 0 Å². The molecule has 136 valence electrons. The molecule has 0 fully saturated rings.